The molecule has 22 heavy (non-hydrogen) atoms. The topological polar surface area (TPSA) is 72.9 Å². The maximum absolute atomic E-state index is 12.0. The van der Waals surface area contributed by atoms with Gasteiger partial charge in [0.05, 0.1) is 17.1 Å². The highest BCUT2D eigenvalue weighted by Crippen LogP contribution is 2.21. The van der Waals surface area contributed by atoms with E-state index in [-0.39, 0.29) is 24.4 Å². The van der Waals surface area contributed by atoms with Crippen LogP contribution in [0.5, 0.6) is 0 Å². The van der Waals surface area contributed by atoms with Crippen LogP contribution >= 0.6 is 12.4 Å². The Morgan fingerprint density at radius 1 is 1.36 bits per heavy atom. The Morgan fingerprint density at radius 2 is 2.05 bits per heavy atom. The number of para-hydroxylation sites is 2. The second kappa shape index (κ2) is 7.96. The van der Waals surface area contributed by atoms with Crippen LogP contribution in [0.15, 0.2) is 30.3 Å². The smallest absolute Gasteiger partial charge is 0.224 e. The van der Waals surface area contributed by atoms with Crippen molar-refractivity contribution in [2.24, 2.45) is 5.73 Å². The molecule has 1 heterocycles. The normalized spacial score (nSPS) is 11.6. The maximum atomic E-state index is 12.0. The van der Waals surface area contributed by atoms with Gasteiger partial charge in [-0.15, -0.1) is 12.4 Å². The molecule has 120 valence electrons. The fourth-order valence-corrected chi connectivity index (χ4v) is 2.21. The summed E-state index contributed by atoms with van der Waals surface area (Å²) in [6.45, 7) is 5.85. The predicted octanol–water partition coefficient (Wildman–Crippen LogP) is 2.98. The number of hydrogen-bond donors (Lipinski definition) is 2. The van der Waals surface area contributed by atoms with Crippen LogP contribution in [0.1, 0.15) is 31.2 Å². The third-order valence-electron chi connectivity index (χ3n) is 3.24. The van der Waals surface area contributed by atoms with Crippen molar-refractivity contribution in [2.75, 3.05) is 5.32 Å². The van der Waals surface area contributed by atoms with E-state index in [1.807, 2.05) is 55.8 Å². The van der Waals surface area contributed by atoms with Gasteiger partial charge in [-0.1, -0.05) is 12.1 Å². The number of nitrogens with one attached hydrogen (secondary N) is 1. The van der Waals surface area contributed by atoms with E-state index in [4.69, 9.17) is 5.73 Å². The van der Waals surface area contributed by atoms with Crippen molar-refractivity contribution in [3.63, 3.8) is 0 Å². The van der Waals surface area contributed by atoms with E-state index in [0.29, 0.717) is 12.8 Å². The van der Waals surface area contributed by atoms with Gasteiger partial charge in [0.1, 0.15) is 0 Å². The van der Waals surface area contributed by atoms with Crippen molar-refractivity contribution in [3.8, 4) is 5.69 Å². The van der Waals surface area contributed by atoms with Gasteiger partial charge in [0.25, 0.3) is 0 Å². The van der Waals surface area contributed by atoms with Gasteiger partial charge < -0.3 is 11.1 Å². The summed E-state index contributed by atoms with van der Waals surface area (Å²) in [4.78, 5) is 12.0. The van der Waals surface area contributed by atoms with Crippen molar-refractivity contribution in [2.45, 2.75) is 39.7 Å². The summed E-state index contributed by atoms with van der Waals surface area (Å²) in [6, 6.07) is 9.70. The Balaban J connectivity index is 0.00000242. The average molecular weight is 323 g/mol. The number of carbonyl (C=O) groups is 1. The zero-order valence-electron chi connectivity index (χ0n) is 13.2. The van der Waals surface area contributed by atoms with E-state index in [0.717, 1.165) is 22.8 Å². The van der Waals surface area contributed by atoms with Gasteiger partial charge in [0.2, 0.25) is 5.91 Å². The molecule has 0 bridgehead atoms. The molecule has 5 nitrogen and oxygen atoms in total. The number of carbonyl (C=O) groups excluding carboxylic acids is 1. The largest absolute Gasteiger partial charge is 0.328 e. The molecule has 0 spiro atoms. The summed E-state index contributed by atoms with van der Waals surface area (Å²) in [5, 5.41) is 7.41. The van der Waals surface area contributed by atoms with Crippen LogP contribution in [0.2, 0.25) is 0 Å². The maximum Gasteiger partial charge on any atom is 0.224 e. The van der Waals surface area contributed by atoms with E-state index in [2.05, 4.69) is 10.4 Å². The lowest BCUT2D eigenvalue weighted by Crippen LogP contribution is -2.20. The van der Waals surface area contributed by atoms with Crippen LogP contribution < -0.4 is 11.1 Å². The molecule has 2 aromatic rings. The third kappa shape index (κ3) is 4.58. The number of aromatic nitrogens is 2. The molecule has 1 amide bonds. The van der Waals surface area contributed by atoms with Crippen LogP contribution in [0.4, 0.5) is 5.69 Å². The molecule has 1 aromatic heterocycles. The van der Waals surface area contributed by atoms with Crippen LogP contribution in [-0.2, 0) is 4.79 Å². The average Bonchev–Trinajstić information content (AvgIpc) is 2.76. The number of amides is 1. The van der Waals surface area contributed by atoms with E-state index in [9.17, 15) is 4.79 Å². The molecule has 1 aromatic carbocycles. The summed E-state index contributed by atoms with van der Waals surface area (Å²) in [5.41, 5.74) is 9.30. The van der Waals surface area contributed by atoms with Crippen LogP contribution in [0.25, 0.3) is 5.69 Å². The molecule has 0 aliphatic heterocycles. The molecular formula is C16H23ClN4O. The summed E-state index contributed by atoms with van der Waals surface area (Å²) in [6.07, 6.45) is 1.09. The van der Waals surface area contributed by atoms with E-state index in [1.54, 1.807) is 0 Å². The fraction of sp³-hybridized carbons (Fsp3) is 0.375. The van der Waals surface area contributed by atoms with Crippen molar-refractivity contribution >= 4 is 24.0 Å². The van der Waals surface area contributed by atoms with Crippen molar-refractivity contribution in [1.29, 1.82) is 0 Å². The van der Waals surface area contributed by atoms with Gasteiger partial charge in [-0.3, -0.25) is 4.79 Å². The molecule has 0 fully saturated rings. The monoisotopic (exact) mass is 322 g/mol. The molecule has 3 N–H and O–H groups in total. The second-order valence-corrected chi connectivity index (χ2v) is 5.42. The molecule has 0 saturated carbocycles. The Hall–Kier alpha value is -1.85. The van der Waals surface area contributed by atoms with Crippen LogP contribution in [-0.4, -0.2) is 21.7 Å². The second-order valence-electron chi connectivity index (χ2n) is 5.42. The first kappa shape index (κ1) is 18.2. The zero-order valence-corrected chi connectivity index (χ0v) is 14.0. The molecule has 0 aliphatic carbocycles. The van der Waals surface area contributed by atoms with Gasteiger partial charge in [-0.05, 0) is 45.4 Å². The summed E-state index contributed by atoms with van der Waals surface area (Å²) >= 11 is 0. The SMILES string of the molecule is Cc1cc(C)n(-c2ccccc2NC(=O)CCC(C)N)n1.Cl. The lowest BCUT2D eigenvalue weighted by Gasteiger charge is -2.13. The number of rotatable bonds is 5. The Morgan fingerprint density at radius 3 is 2.64 bits per heavy atom. The molecule has 0 radical (unpaired) electrons. The zero-order chi connectivity index (χ0) is 15.4. The third-order valence-corrected chi connectivity index (χ3v) is 3.24. The fourth-order valence-electron chi connectivity index (χ4n) is 2.21. The quantitative estimate of drug-likeness (QED) is 0.888. The minimum absolute atomic E-state index is 0. The lowest BCUT2D eigenvalue weighted by atomic mass is 10.2. The van der Waals surface area contributed by atoms with Crippen LogP contribution in [0.3, 0.4) is 0 Å². The molecule has 2 rings (SSSR count). The van der Waals surface area contributed by atoms with E-state index in [1.165, 1.54) is 0 Å². The minimum atomic E-state index is -0.0266. The number of nitrogens with zero attached hydrogens (tertiary/aromatic N) is 2. The van der Waals surface area contributed by atoms with Crippen molar-refractivity contribution < 1.29 is 4.79 Å². The molecule has 1 atom stereocenters. The summed E-state index contributed by atoms with van der Waals surface area (Å²) in [5.74, 6) is -0.0266. The Kier molecular flexibility index (Phi) is 6.59. The standard InChI is InChI=1S/C16H22N4O.ClH/c1-11(17)8-9-16(21)18-14-6-4-5-7-15(14)20-13(3)10-12(2)19-20;/h4-7,10-11H,8-9,17H2,1-3H3,(H,18,21);1H. The molecule has 6 heteroatoms. The van der Waals surface area contributed by atoms with Crippen molar-refractivity contribution in [3.05, 3.63) is 41.7 Å². The minimum Gasteiger partial charge on any atom is -0.328 e. The van der Waals surface area contributed by atoms with Gasteiger partial charge in [0, 0.05) is 18.2 Å². The number of benzene rings is 1. The van der Waals surface area contributed by atoms with Crippen LogP contribution in [0, 0.1) is 13.8 Å². The lowest BCUT2D eigenvalue weighted by molar-refractivity contribution is -0.116. The van der Waals surface area contributed by atoms with Crippen molar-refractivity contribution in [1.82, 2.24) is 9.78 Å². The number of nitrogens with two attached hydrogens (primary N) is 1. The Labute approximate surface area is 137 Å². The van der Waals surface area contributed by atoms with Gasteiger partial charge in [-0.2, -0.15) is 5.10 Å². The summed E-state index contributed by atoms with van der Waals surface area (Å²) in [7, 11) is 0. The van der Waals surface area contributed by atoms with Gasteiger partial charge in [-0.25, -0.2) is 4.68 Å². The number of hydrogen-bond acceptors (Lipinski definition) is 3. The van der Waals surface area contributed by atoms with E-state index >= 15 is 0 Å². The highest BCUT2D eigenvalue weighted by atomic mass is 35.5. The number of anilines is 1. The first-order valence-corrected chi connectivity index (χ1v) is 7.15. The molecule has 1 unspecified atom stereocenters. The highest BCUT2D eigenvalue weighted by molar-refractivity contribution is 5.92. The van der Waals surface area contributed by atoms with Gasteiger partial charge in [0.15, 0.2) is 0 Å². The highest BCUT2D eigenvalue weighted by Gasteiger charge is 2.11. The molecular weight excluding hydrogens is 300 g/mol. The summed E-state index contributed by atoms with van der Waals surface area (Å²) < 4.78 is 1.84. The first-order valence-electron chi connectivity index (χ1n) is 7.15. The first-order chi connectivity index (χ1) is 9.97. The predicted molar refractivity (Wildman–Crippen MR) is 91.8 cm³/mol. The molecule has 0 aliphatic rings. The van der Waals surface area contributed by atoms with E-state index < -0.39 is 0 Å². The van der Waals surface area contributed by atoms with Gasteiger partial charge >= 0.3 is 0 Å². The molecule has 0 saturated heterocycles. The Bertz CT molecular complexity index is 637. The number of halogens is 1. The number of aryl methyl sites for hydroxylation is 2.